The average molecular weight is 513 g/mol. The predicted molar refractivity (Wildman–Crippen MR) is 148 cm³/mol. The number of hydrogen-bond acceptors (Lipinski definition) is 8. The van der Waals surface area contributed by atoms with Crippen LogP contribution in [-0.2, 0) is 0 Å². The number of nitrogens with zero attached hydrogens (tertiary/aromatic N) is 9. The van der Waals surface area contributed by atoms with Gasteiger partial charge in [-0.05, 0) is 51.2 Å². The van der Waals surface area contributed by atoms with Crippen molar-refractivity contribution in [2.75, 3.05) is 27.2 Å². The molecule has 6 rings (SSSR count). The van der Waals surface area contributed by atoms with E-state index in [9.17, 15) is 0 Å². The Morgan fingerprint density at radius 1 is 1.05 bits per heavy atom. The Morgan fingerprint density at radius 2 is 1.92 bits per heavy atom. The third-order valence-electron chi connectivity index (χ3n) is 6.82. The average Bonchev–Trinajstić information content (AvgIpc) is 3.67. The van der Waals surface area contributed by atoms with Crippen LogP contribution in [0.3, 0.4) is 0 Å². The van der Waals surface area contributed by atoms with Gasteiger partial charge in [0.05, 0.1) is 24.6 Å². The van der Waals surface area contributed by atoms with Crippen molar-refractivity contribution in [1.29, 1.82) is 0 Å². The van der Waals surface area contributed by atoms with Gasteiger partial charge in [0.2, 0.25) is 0 Å². The summed E-state index contributed by atoms with van der Waals surface area (Å²) < 4.78 is 6.08. The molecule has 1 fully saturated rings. The maximum atomic E-state index is 5.80. The minimum absolute atomic E-state index is 0.456. The summed E-state index contributed by atoms with van der Waals surface area (Å²) >= 11 is 1.49. The molecule has 0 aliphatic carbocycles. The Hall–Kier alpha value is -3.96. The first kappa shape index (κ1) is 23.4. The van der Waals surface area contributed by atoms with Crippen LogP contribution in [0.4, 0.5) is 0 Å². The molecule has 0 spiro atoms. The quantitative estimate of drug-likeness (QED) is 0.345. The van der Waals surface area contributed by atoms with Crippen molar-refractivity contribution in [2.24, 2.45) is 10.7 Å². The maximum Gasteiger partial charge on any atom is 0.137 e. The Morgan fingerprint density at radius 3 is 2.73 bits per heavy atom. The molecule has 2 N–H and O–H groups in total. The molecular weight excluding hydrogens is 484 g/mol. The second-order valence-electron chi connectivity index (χ2n) is 9.23. The molecule has 0 saturated carbocycles. The number of imidazole rings is 1. The summed E-state index contributed by atoms with van der Waals surface area (Å²) in [6, 6.07) is 6.62. The molecule has 37 heavy (non-hydrogen) atoms. The van der Waals surface area contributed by atoms with E-state index in [0.717, 1.165) is 69.9 Å². The van der Waals surface area contributed by atoms with E-state index in [2.05, 4.69) is 59.5 Å². The molecular formula is C26H28N10S. The molecule has 5 aromatic heterocycles. The number of nitrogens with two attached hydrogens (primary N) is 1. The van der Waals surface area contributed by atoms with Crippen LogP contribution >= 0.6 is 11.9 Å². The van der Waals surface area contributed by atoms with Gasteiger partial charge in [0.1, 0.15) is 21.7 Å². The number of fused-ring (bicyclic) bond motifs is 2. The first-order valence-corrected chi connectivity index (χ1v) is 13.0. The van der Waals surface area contributed by atoms with Crippen molar-refractivity contribution in [2.45, 2.75) is 23.9 Å². The molecule has 11 heteroatoms. The smallest absolute Gasteiger partial charge is 0.137 e. The lowest BCUT2D eigenvalue weighted by Crippen LogP contribution is -2.31. The van der Waals surface area contributed by atoms with E-state index in [0.29, 0.717) is 6.04 Å². The van der Waals surface area contributed by atoms with Crippen molar-refractivity contribution in [3.8, 4) is 11.1 Å². The number of hydrogen-bond donors (Lipinski definition) is 1. The zero-order valence-electron chi connectivity index (χ0n) is 20.8. The third-order valence-corrected chi connectivity index (χ3v) is 7.77. The topological polar surface area (TPSA) is 107 Å². The summed E-state index contributed by atoms with van der Waals surface area (Å²) in [5, 5.41) is 10.2. The normalized spacial score (nSPS) is 16.0. The highest BCUT2D eigenvalue weighted by Crippen LogP contribution is 2.29. The maximum absolute atomic E-state index is 5.80. The van der Waals surface area contributed by atoms with Crippen LogP contribution < -0.4 is 5.73 Å². The summed E-state index contributed by atoms with van der Waals surface area (Å²) in [4.78, 5) is 15.6. The summed E-state index contributed by atoms with van der Waals surface area (Å²) in [5.74, 6) is 0. The van der Waals surface area contributed by atoms with Crippen LogP contribution in [0.25, 0.3) is 33.4 Å². The lowest BCUT2D eigenvalue weighted by molar-refractivity contribution is 0.212. The monoisotopic (exact) mass is 512 g/mol. The molecule has 0 aromatic carbocycles. The zero-order valence-corrected chi connectivity index (χ0v) is 21.6. The number of piperidine rings is 1. The van der Waals surface area contributed by atoms with Gasteiger partial charge < -0.3 is 10.6 Å². The SMILES string of the molecule is CN=CC(=CN)c1cnc2cnn(Sc3cnc4ccc(-c5cnn(C6CCN(C)CC6)c5)cn34)c2c1. The first-order valence-electron chi connectivity index (χ1n) is 12.2. The van der Waals surface area contributed by atoms with E-state index in [-0.39, 0.29) is 0 Å². The lowest BCUT2D eigenvalue weighted by Gasteiger charge is -2.28. The first-order chi connectivity index (χ1) is 18.1. The largest absolute Gasteiger partial charge is 0.404 e. The summed E-state index contributed by atoms with van der Waals surface area (Å²) in [6.07, 6.45) is 17.2. The summed E-state index contributed by atoms with van der Waals surface area (Å²) in [6.45, 7) is 2.22. The fourth-order valence-corrected chi connectivity index (χ4v) is 5.55. The molecule has 0 radical (unpaired) electrons. The second kappa shape index (κ2) is 9.83. The number of pyridine rings is 2. The summed E-state index contributed by atoms with van der Waals surface area (Å²) in [5.41, 5.74) is 12.2. The van der Waals surface area contributed by atoms with Gasteiger partial charge >= 0.3 is 0 Å². The van der Waals surface area contributed by atoms with E-state index >= 15 is 0 Å². The van der Waals surface area contributed by atoms with Crippen molar-refractivity contribution < 1.29 is 0 Å². The van der Waals surface area contributed by atoms with E-state index in [1.807, 2.05) is 28.6 Å². The highest BCUT2D eigenvalue weighted by atomic mass is 32.2. The van der Waals surface area contributed by atoms with Crippen molar-refractivity contribution in [1.82, 2.24) is 38.2 Å². The van der Waals surface area contributed by atoms with Gasteiger partial charge in [0.15, 0.2) is 0 Å². The standard InChI is InChI=1S/C26H28N10S/c1-28-11-20(10-27)19-9-24-23(29-12-19)14-32-36(24)37-26-15-30-25-4-3-18(16-34(25)26)21-13-31-35(17-21)22-5-7-33(2)8-6-22/h3-4,9-17,22H,5-8,27H2,1-2H3. The van der Waals surface area contributed by atoms with Crippen molar-refractivity contribution in [3.63, 3.8) is 0 Å². The fraction of sp³-hybridized carbons (Fsp3) is 0.269. The Labute approximate surface area is 218 Å². The van der Waals surface area contributed by atoms with E-state index in [1.54, 1.807) is 25.7 Å². The van der Waals surface area contributed by atoms with Gasteiger partial charge in [0.25, 0.3) is 0 Å². The highest BCUT2D eigenvalue weighted by Gasteiger charge is 2.19. The van der Waals surface area contributed by atoms with Crippen LogP contribution in [0.5, 0.6) is 0 Å². The Balaban J connectivity index is 1.30. The molecule has 1 aliphatic rings. The fourth-order valence-electron chi connectivity index (χ4n) is 4.70. The zero-order chi connectivity index (χ0) is 25.4. The molecule has 1 saturated heterocycles. The van der Waals surface area contributed by atoms with Gasteiger partial charge in [-0.1, -0.05) is 0 Å². The molecule has 5 aromatic rings. The van der Waals surface area contributed by atoms with Crippen LogP contribution in [0, 0.1) is 0 Å². The van der Waals surface area contributed by atoms with Crippen LogP contribution in [0.2, 0.25) is 0 Å². The molecule has 188 valence electrons. The molecule has 0 bridgehead atoms. The number of rotatable bonds is 6. The van der Waals surface area contributed by atoms with Crippen LogP contribution in [0.1, 0.15) is 24.4 Å². The number of aromatic nitrogens is 7. The van der Waals surface area contributed by atoms with Crippen LogP contribution in [0.15, 0.2) is 71.6 Å². The Bertz CT molecular complexity index is 1620. The van der Waals surface area contributed by atoms with Crippen molar-refractivity contribution >= 4 is 40.4 Å². The highest BCUT2D eigenvalue weighted by molar-refractivity contribution is 7.97. The van der Waals surface area contributed by atoms with Gasteiger partial charge in [-0.15, -0.1) is 0 Å². The van der Waals surface area contributed by atoms with E-state index < -0.39 is 0 Å². The molecule has 10 nitrogen and oxygen atoms in total. The number of likely N-dealkylation sites (tertiary alicyclic amines) is 1. The lowest BCUT2D eigenvalue weighted by atomic mass is 10.1. The minimum Gasteiger partial charge on any atom is -0.404 e. The summed E-state index contributed by atoms with van der Waals surface area (Å²) in [7, 11) is 3.90. The minimum atomic E-state index is 0.456. The van der Waals surface area contributed by atoms with Crippen molar-refractivity contribution in [3.05, 3.63) is 67.1 Å². The Kier molecular flexibility index (Phi) is 6.23. The van der Waals surface area contributed by atoms with Crippen LogP contribution in [-0.4, -0.2) is 71.6 Å². The molecule has 1 aliphatic heterocycles. The van der Waals surface area contributed by atoms with E-state index in [4.69, 9.17) is 10.8 Å². The predicted octanol–water partition coefficient (Wildman–Crippen LogP) is 3.76. The second-order valence-corrected chi connectivity index (χ2v) is 10.2. The number of aliphatic imine (C=N–C) groups is 1. The third kappa shape index (κ3) is 4.51. The molecule has 0 atom stereocenters. The van der Waals surface area contributed by atoms with Gasteiger partial charge in [0, 0.05) is 72.3 Å². The van der Waals surface area contributed by atoms with Gasteiger partial charge in [-0.3, -0.25) is 19.1 Å². The van der Waals surface area contributed by atoms with Gasteiger partial charge in [-0.25, -0.2) is 4.98 Å². The molecule has 0 unspecified atom stereocenters. The van der Waals surface area contributed by atoms with E-state index in [1.165, 1.54) is 18.1 Å². The van der Waals surface area contributed by atoms with Gasteiger partial charge in [-0.2, -0.15) is 14.3 Å². The molecule has 0 amide bonds. The number of allylic oxidation sites excluding steroid dienone is 1. The molecule has 6 heterocycles.